The van der Waals surface area contributed by atoms with Crippen LogP contribution >= 0.6 is 0 Å². The van der Waals surface area contributed by atoms with E-state index in [1.807, 2.05) is 24.8 Å². The van der Waals surface area contributed by atoms with E-state index in [1.54, 1.807) is 48.5 Å². The Hall–Kier alpha value is -2.95. The number of nitrogens with zero attached hydrogens (tertiary/aromatic N) is 1. The molecule has 0 bridgehead atoms. The fourth-order valence-electron chi connectivity index (χ4n) is 3.71. The molecule has 0 aliphatic carbocycles. The SMILES string of the molecule is CC1CCCC(C)N1C(=O)COC(=O)c1ccc(C(=O)c2ccccc2)cc1. The molecular formula is C23H25NO4. The highest BCUT2D eigenvalue weighted by Gasteiger charge is 2.29. The minimum atomic E-state index is -0.565. The minimum absolute atomic E-state index is 0.108. The monoisotopic (exact) mass is 379 g/mol. The number of esters is 1. The van der Waals surface area contributed by atoms with Gasteiger partial charge in [0.1, 0.15) is 0 Å². The average Bonchev–Trinajstić information content (AvgIpc) is 2.72. The van der Waals surface area contributed by atoms with Gasteiger partial charge in [0.2, 0.25) is 0 Å². The van der Waals surface area contributed by atoms with Crippen LogP contribution in [0, 0.1) is 0 Å². The van der Waals surface area contributed by atoms with Crippen LogP contribution in [0.4, 0.5) is 0 Å². The lowest BCUT2D eigenvalue weighted by Crippen LogP contribution is -2.49. The molecule has 2 aromatic rings. The zero-order valence-electron chi connectivity index (χ0n) is 16.3. The lowest BCUT2D eigenvalue weighted by atomic mass is 9.97. The highest BCUT2D eigenvalue weighted by Crippen LogP contribution is 2.22. The number of benzene rings is 2. The summed E-state index contributed by atoms with van der Waals surface area (Å²) >= 11 is 0. The number of piperidine rings is 1. The second-order valence-corrected chi connectivity index (χ2v) is 7.28. The lowest BCUT2D eigenvalue weighted by Gasteiger charge is -2.38. The van der Waals surface area contributed by atoms with Gasteiger partial charge in [0.15, 0.2) is 12.4 Å². The maximum absolute atomic E-state index is 12.5. The van der Waals surface area contributed by atoms with Crippen molar-refractivity contribution in [1.82, 2.24) is 4.90 Å². The van der Waals surface area contributed by atoms with Crippen LogP contribution in [0.25, 0.3) is 0 Å². The molecule has 5 heteroatoms. The first-order valence-corrected chi connectivity index (χ1v) is 9.65. The van der Waals surface area contributed by atoms with Crippen molar-refractivity contribution in [3.63, 3.8) is 0 Å². The highest BCUT2D eigenvalue weighted by atomic mass is 16.5. The molecular weight excluding hydrogens is 354 g/mol. The molecule has 0 N–H and O–H groups in total. The molecule has 5 nitrogen and oxygen atoms in total. The third kappa shape index (κ3) is 4.47. The Balaban J connectivity index is 1.59. The van der Waals surface area contributed by atoms with Gasteiger partial charge in [0, 0.05) is 23.2 Å². The van der Waals surface area contributed by atoms with Crippen LogP contribution in [0.5, 0.6) is 0 Å². The van der Waals surface area contributed by atoms with Gasteiger partial charge < -0.3 is 9.64 Å². The van der Waals surface area contributed by atoms with Gasteiger partial charge in [-0.1, -0.05) is 42.5 Å². The lowest BCUT2D eigenvalue weighted by molar-refractivity contribution is -0.140. The van der Waals surface area contributed by atoms with E-state index in [9.17, 15) is 14.4 Å². The van der Waals surface area contributed by atoms with Crippen molar-refractivity contribution in [3.05, 3.63) is 71.3 Å². The van der Waals surface area contributed by atoms with Gasteiger partial charge in [-0.2, -0.15) is 0 Å². The van der Waals surface area contributed by atoms with E-state index in [4.69, 9.17) is 4.74 Å². The topological polar surface area (TPSA) is 63.7 Å². The molecule has 1 aliphatic rings. The standard InChI is InChI=1S/C23H25NO4/c1-16-7-6-8-17(2)24(16)21(25)15-28-23(27)20-13-11-19(12-14-20)22(26)18-9-4-3-5-10-18/h3-5,9-14,16-17H,6-8,15H2,1-2H3. The summed E-state index contributed by atoms with van der Waals surface area (Å²) in [4.78, 5) is 39.0. The van der Waals surface area contributed by atoms with E-state index in [1.165, 1.54) is 0 Å². The summed E-state index contributed by atoms with van der Waals surface area (Å²) in [5, 5.41) is 0. The number of rotatable bonds is 5. The van der Waals surface area contributed by atoms with Crippen molar-refractivity contribution in [2.75, 3.05) is 6.61 Å². The summed E-state index contributed by atoms with van der Waals surface area (Å²) in [6.45, 7) is 3.79. The summed E-state index contributed by atoms with van der Waals surface area (Å²) in [6.07, 6.45) is 3.06. The molecule has 1 amide bonds. The summed E-state index contributed by atoms with van der Waals surface area (Å²) in [5.74, 6) is -0.836. The normalized spacial score (nSPS) is 19.1. The van der Waals surface area contributed by atoms with Crippen LogP contribution < -0.4 is 0 Å². The number of ketones is 1. The molecule has 0 aromatic heterocycles. The van der Waals surface area contributed by atoms with E-state index in [0.29, 0.717) is 16.7 Å². The predicted molar refractivity (Wildman–Crippen MR) is 106 cm³/mol. The van der Waals surface area contributed by atoms with Crippen LogP contribution in [0.3, 0.4) is 0 Å². The Morgan fingerprint density at radius 3 is 2.00 bits per heavy atom. The summed E-state index contributed by atoms with van der Waals surface area (Å²) in [6, 6.07) is 15.6. The molecule has 2 unspecified atom stereocenters. The summed E-state index contributed by atoms with van der Waals surface area (Å²) < 4.78 is 5.21. The van der Waals surface area contributed by atoms with Gasteiger partial charge in [0.25, 0.3) is 5.91 Å². The fourth-order valence-corrected chi connectivity index (χ4v) is 3.71. The second-order valence-electron chi connectivity index (χ2n) is 7.28. The third-order valence-corrected chi connectivity index (χ3v) is 5.23. The molecule has 0 saturated carbocycles. The zero-order chi connectivity index (χ0) is 20.1. The number of ether oxygens (including phenoxy) is 1. The number of likely N-dealkylation sites (tertiary alicyclic amines) is 1. The largest absolute Gasteiger partial charge is 0.452 e. The van der Waals surface area contributed by atoms with Crippen LogP contribution in [0.15, 0.2) is 54.6 Å². The van der Waals surface area contributed by atoms with Gasteiger partial charge in [-0.3, -0.25) is 9.59 Å². The third-order valence-electron chi connectivity index (χ3n) is 5.23. The molecule has 28 heavy (non-hydrogen) atoms. The first-order chi connectivity index (χ1) is 13.5. The van der Waals surface area contributed by atoms with E-state index >= 15 is 0 Å². The van der Waals surface area contributed by atoms with Crippen molar-refractivity contribution >= 4 is 17.7 Å². The number of carbonyl (C=O) groups excluding carboxylic acids is 3. The van der Waals surface area contributed by atoms with Crippen LogP contribution in [-0.2, 0) is 9.53 Å². The smallest absolute Gasteiger partial charge is 0.338 e. The van der Waals surface area contributed by atoms with Crippen molar-refractivity contribution in [2.24, 2.45) is 0 Å². The molecule has 1 saturated heterocycles. The Bertz CT molecular complexity index is 835. The van der Waals surface area contributed by atoms with E-state index in [0.717, 1.165) is 19.3 Å². The van der Waals surface area contributed by atoms with Crippen LogP contribution in [-0.4, -0.2) is 41.3 Å². The second kappa shape index (κ2) is 8.83. The van der Waals surface area contributed by atoms with Crippen LogP contribution in [0.2, 0.25) is 0 Å². The van der Waals surface area contributed by atoms with Gasteiger partial charge in [-0.25, -0.2) is 4.79 Å². The molecule has 2 atom stereocenters. The molecule has 1 aliphatic heterocycles. The van der Waals surface area contributed by atoms with Gasteiger partial charge in [-0.15, -0.1) is 0 Å². The minimum Gasteiger partial charge on any atom is -0.452 e. The Morgan fingerprint density at radius 1 is 0.857 bits per heavy atom. The number of amides is 1. The fraction of sp³-hybridized carbons (Fsp3) is 0.348. The van der Waals surface area contributed by atoms with Gasteiger partial charge in [-0.05, 0) is 45.2 Å². The Morgan fingerprint density at radius 2 is 1.39 bits per heavy atom. The number of hydrogen-bond acceptors (Lipinski definition) is 4. The number of hydrogen-bond donors (Lipinski definition) is 0. The quantitative estimate of drug-likeness (QED) is 0.584. The summed E-state index contributed by atoms with van der Waals surface area (Å²) in [5.41, 5.74) is 1.40. The van der Waals surface area contributed by atoms with Crippen LogP contribution in [0.1, 0.15) is 59.4 Å². The summed E-state index contributed by atoms with van der Waals surface area (Å²) in [7, 11) is 0. The maximum Gasteiger partial charge on any atom is 0.338 e. The van der Waals surface area contributed by atoms with E-state index in [2.05, 4.69) is 0 Å². The Kier molecular flexibility index (Phi) is 6.24. The van der Waals surface area contributed by atoms with Crippen molar-refractivity contribution < 1.29 is 19.1 Å². The highest BCUT2D eigenvalue weighted by molar-refractivity contribution is 6.09. The predicted octanol–water partition coefficient (Wildman–Crippen LogP) is 3.86. The maximum atomic E-state index is 12.5. The first kappa shape index (κ1) is 19.8. The number of carbonyl (C=O) groups is 3. The Labute approximate surface area is 165 Å². The van der Waals surface area contributed by atoms with Crippen molar-refractivity contribution in [1.29, 1.82) is 0 Å². The van der Waals surface area contributed by atoms with Gasteiger partial charge >= 0.3 is 5.97 Å². The van der Waals surface area contributed by atoms with Gasteiger partial charge in [0.05, 0.1) is 5.56 Å². The average molecular weight is 379 g/mol. The zero-order valence-corrected chi connectivity index (χ0v) is 16.3. The molecule has 0 radical (unpaired) electrons. The molecule has 146 valence electrons. The van der Waals surface area contributed by atoms with Crippen molar-refractivity contribution in [3.8, 4) is 0 Å². The van der Waals surface area contributed by atoms with Crippen molar-refractivity contribution in [2.45, 2.75) is 45.2 Å². The van der Waals surface area contributed by atoms with E-state index in [-0.39, 0.29) is 30.4 Å². The molecule has 3 rings (SSSR count). The molecule has 2 aromatic carbocycles. The molecule has 1 fully saturated rings. The first-order valence-electron chi connectivity index (χ1n) is 9.65. The molecule has 1 heterocycles. The van der Waals surface area contributed by atoms with E-state index < -0.39 is 5.97 Å². The molecule has 0 spiro atoms.